The first-order chi connectivity index (χ1) is 12.2. The fraction of sp³-hybridized carbons (Fsp3) is 0.316. The Kier molecular flexibility index (Phi) is 4.37. The lowest BCUT2D eigenvalue weighted by atomic mass is 9.98. The number of halogens is 1. The van der Waals surface area contributed by atoms with Crippen molar-refractivity contribution in [2.45, 2.75) is 13.5 Å². The van der Waals surface area contributed by atoms with Crippen molar-refractivity contribution in [2.75, 3.05) is 31.2 Å². The van der Waals surface area contributed by atoms with E-state index in [4.69, 9.17) is 22.1 Å². The van der Waals surface area contributed by atoms with Gasteiger partial charge in [0.2, 0.25) is 0 Å². The molecule has 0 amide bonds. The van der Waals surface area contributed by atoms with Crippen LogP contribution in [0.3, 0.4) is 0 Å². The van der Waals surface area contributed by atoms with Crippen LogP contribution in [0.25, 0.3) is 16.8 Å². The van der Waals surface area contributed by atoms with Crippen molar-refractivity contribution in [2.24, 2.45) is 5.73 Å². The molecule has 6 heteroatoms. The Balaban J connectivity index is 1.87. The Labute approximate surface area is 152 Å². The van der Waals surface area contributed by atoms with Crippen LogP contribution >= 0.6 is 11.6 Å². The third-order valence-corrected chi connectivity index (χ3v) is 4.98. The van der Waals surface area contributed by atoms with Gasteiger partial charge in [-0.25, -0.2) is 4.98 Å². The largest absolute Gasteiger partial charge is 0.378 e. The summed E-state index contributed by atoms with van der Waals surface area (Å²) in [6.45, 7) is 5.79. The Morgan fingerprint density at radius 3 is 2.72 bits per heavy atom. The molecule has 0 unspecified atom stereocenters. The number of hydrogen-bond acceptors (Lipinski definition) is 4. The summed E-state index contributed by atoms with van der Waals surface area (Å²) >= 11 is 6.12. The summed E-state index contributed by atoms with van der Waals surface area (Å²) in [5.74, 6) is 1.09. The molecule has 0 atom stereocenters. The number of morpholine rings is 1. The van der Waals surface area contributed by atoms with Crippen LogP contribution in [0.2, 0.25) is 5.02 Å². The van der Waals surface area contributed by atoms with Gasteiger partial charge in [0.25, 0.3) is 0 Å². The molecule has 4 rings (SSSR count). The summed E-state index contributed by atoms with van der Waals surface area (Å²) in [5, 5.41) is 0.744. The number of fused-ring (bicyclic) bond motifs is 1. The van der Waals surface area contributed by atoms with Crippen molar-refractivity contribution in [3.8, 4) is 11.1 Å². The Bertz CT molecular complexity index is 915. The minimum absolute atomic E-state index is 0.466. The molecule has 3 heterocycles. The van der Waals surface area contributed by atoms with Crippen LogP contribution in [0.4, 0.5) is 5.82 Å². The van der Waals surface area contributed by atoms with Crippen LogP contribution in [0.5, 0.6) is 0 Å². The molecule has 25 heavy (non-hydrogen) atoms. The number of rotatable bonds is 3. The highest BCUT2D eigenvalue weighted by atomic mass is 35.5. The normalized spacial score (nSPS) is 15.1. The van der Waals surface area contributed by atoms with Gasteiger partial charge in [-0.2, -0.15) is 0 Å². The minimum atomic E-state index is 0.466. The van der Waals surface area contributed by atoms with E-state index in [1.54, 1.807) is 0 Å². The van der Waals surface area contributed by atoms with E-state index in [-0.39, 0.29) is 0 Å². The van der Waals surface area contributed by atoms with Crippen molar-refractivity contribution in [3.05, 3.63) is 52.8 Å². The van der Waals surface area contributed by atoms with Crippen molar-refractivity contribution >= 4 is 23.1 Å². The molecule has 130 valence electrons. The van der Waals surface area contributed by atoms with Crippen molar-refractivity contribution in [1.29, 1.82) is 0 Å². The second-order valence-corrected chi connectivity index (χ2v) is 6.76. The van der Waals surface area contributed by atoms with Crippen LogP contribution in [0.1, 0.15) is 11.1 Å². The summed E-state index contributed by atoms with van der Waals surface area (Å²) in [7, 11) is 0. The summed E-state index contributed by atoms with van der Waals surface area (Å²) in [6, 6.07) is 8.04. The SMILES string of the molecule is Cc1cc(Cl)ccc1-c1cn2c(N3CCOCC3)cnc2cc1CN. The molecule has 0 radical (unpaired) electrons. The summed E-state index contributed by atoms with van der Waals surface area (Å²) in [5.41, 5.74) is 11.4. The molecule has 5 nitrogen and oxygen atoms in total. The third kappa shape index (κ3) is 2.99. The van der Waals surface area contributed by atoms with Crippen LogP contribution < -0.4 is 10.6 Å². The number of aromatic nitrogens is 2. The van der Waals surface area contributed by atoms with E-state index in [0.717, 1.165) is 65.0 Å². The van der Waals surface area contributed by atoms with E-state index in [0.29, 0.717) is 6.54 Å². The maximum Gasteiger partial charge on any atom is 0.138 e. The number of nitrogens with zero attached hydrogens (tertiary/aromatic N) is 3. The Hall–Kier alpha value is -2.08. The number of ether oxygens (including phenoxy) is 1. The molecule has 3 aromatic rings. The molecule has 0 bridgehead atoms. The summed E-state index contributed by atoms with van der Waals surface area (Å²) in [6.07, 6.45) is 4.07. The predicted molar refractivity (Wildman–Crippen MR) is 101 cm³/mol. The average molecular weight is 357 g/mol. The first-order valence-electron chi connectivity index (χ1n) is 8.46. The molecule has 1 fully saturated rings. The van der Waals surface area contributed by atoms with Gasteiger partial charge in [0, 0.05) is 36.4 Å². The van der Waals surface area contributed by atoms with Crippen molar-refractivity contribution in [3.63, 3.8) is 0 Å². The van der Waals surface area contributed by atoms with E-state index in [1.807, 2.05) is 18.3 Å². The van der Waals surface area contributed by atoms with Gasteiger partial charge >= 0.3 is 0 Å². The summed E-state index contributed by atoms with van der Waals surface area (Å²) in [4.78, 5) is 6.89. The first kappa shape index (κ1) is 16.4. The van der Waals surface area contributed by atoms with E-state index in [2.05, 4.69) is 39.5 Å². The number of anilines is 1. The quantitative estimate of drug-likeness (QED) is 0.782. The molecular weight excluding hydrogens is 336 g/mol. The van der Waals surface area contributed by atoms with Crippen LogP contribution in [-0.2, 0) is 11.3 Å². The lowest BCUT2D eigenvalue weighted by molar-refractivity contribution is 0.122. The third-order valence-electron chi connectivity index (χ3n) is 4.75. The number of nitrogens with two attached hydrogens (primary N) is 1. The molecule has 0 saturated carbocycles. The van der Waals surface area contributed by atoms with Crippen molar-refractivity contribution < 1.29 is 4.74 Å². The molecule has 2 aromatic heterocycles. The van der Waals surface area contributed by atoms with Gasteiger partial charge in [0.05, 0.1) is 19.4 Å². The van der Waals surface area contributed by atoms with Crippen LogP contribution in [0, 0.1) is 6.92 Å². The zero-order valence-corrected chi connectivity index (χ0v) is 15.0. The Morgan fingerprint density at radius 1 is 1.20 bits per heavy atom. The second kappa shape index (κ2) is 6.67. The van der Waals surface area contributed by atoms with Crippen LogP contribution in [-0.4, -0.2) is 35.7 Å². The number of pyridine rings is 1. The topological polar surface area (TPSA) is 55.8 Å². The standard InChI is InChI=1S/C19H21ClN4O/c1-13-8-15(20)2-3-16(13)17-12-24-18(9-14(17)10-21)22-11-19(24)23-4-6-25-7-5-23/h2-3,8-9,11-12H,4-7,10,21H2,1H3. The fourth-order valence-electron chi connectivity index (χ4n) is 3.42. The smallest absolute Gasteiger partial charge is 0.138 e. The lowest BCUT2D eigenvalue weighted by Gasteiger charge is -2.28. The predicted octanol–water partition coefficient (Wildman–Crippen LogP) is 3.26. The highest BCUT2D eigenvalue weighted by molar-refractivity contribution is 6.30. The molecule has 1 saturated heterocycles. The monoisotopic (exact) mass is 356 g/mol. The van der Waals surface area contributed by atoms with Crippen molar-refractivity contribution in [1.82, 2.24) is 9.38 Å². The molecular formula is C19H21ClN4O. The van der Waals surface area contributed by atoms with Gasteiger partial charge in [-0.05, 0) is 41.8 Å². The molecule has 0 spiro atoms. The Morgan fingerprint density at radius 2 is 2.00 bits per heavy atom. The van der Waals surface area contributed by atoms with Gasteiger partial charge < -0.3 is 15.4 Å². The van der Waals surface area contributed by atoms with E-state index >= 15 is 0 Å². The fourth-order valence-corrected chi connectivity index (χ4v) is 3.64. The zero-order valence-electron chi connectivity index (χ0n) is 14.2. The molecule has 1 aliphatic heterocycles. The lowest BCUT2D eigenvalue weighted by Crippen LogP contribution is -2.36. The van der Waals surface area contributed by atoms with Gasteiger partial charge in [-0.3, -0.25) is 4.40 Å². The molecule has 1 aliphatic rings. The number of aryl methyl sites for hydroxylation is 1. The second-order valence-electron chi connectivity index (χ2n) is 6.32. The number of imidazole rings is 1. The number of benzene rings is 1. The van der Waals surface area contributed by atoms with Crippen LogP contribution in [0.15, 0.2) is 36.7 Å². The minimum Gasteiger partial charge on any atom is -0.378 e. The number of hydrogen-bond donors (Lipinski definition) is 1. The van der Waals surface area contributed by atoms with Gasteiger partial charge in [0.1, 0.15) is 11.5 Å². The average Bonchev–Trinajstić information content (AvgIpc) is 3.04. The zero-order chi connectivity index (χ0) is 17.4. The first-order valence-corrected chi connectivity index (χ1v) is 8.84. The van der Waals surface area contributed by atoms with E-state index in [9.17, 15) is 0 Å². The van der Waals surface area contributed by atoms with Gasteiger partial charge in [0.15, 0.2) is 0 Å². The van der Waals surface area contributed by atoms with E-state index < -0.39 is 0 Å². The van der Waals surface area contributed by atoms with Gasteiger partial charge in [-0.1, -0.05) is 17.7 Å². The molecule has 1 aromatic carbocycles. The maximum absolute atomic E-state index is 6.12. The summed E-state index contributed by atoms with van der Waals surface area (Å²) < 4.78 is 7.61. The van der Waals surface area contributed by atoms with Gasteiger partial charge in [-0.15, -0.1) is 0 Å². The van der Waals surface area contributed by atoms with E-state index in [1.165, 1.54) is 0 Å². The molecule has 2 N–H and O–H groups in total. The maximum atomic E-state index is 6.12. The highest BCUT2D eigenvalue weighted by Gasteiger charge is 2.17. The highest BCUT2D eigenvalue weighted by Crippen LogP contribution is 2.31. The molecule has 0 aliphatic carbocycles.